The van der Waals surface area contributed by atoms with E-state index in [1.807, 2.05) is 0 Å². The molecule has 2 aromatic rings. The molecule has 0 saturated carbocycles. The van der Waals surface area contributed by atoms with Crippen LogP contribution in [0.1, 0.15) is 0 Å². The Balaban J connectivity index is 2.12. The van der Waals surface area contributed by atoms with Gasteiger partial charge in [-0.1, -0.05) is 11.6 Å². The minimum absolute atomic E-state index is 0.135. The highest BCUT2D eigenvalue weighted by Crippen LogP contribution is 2.38. The predicted molar refractivity (Wildman–Crippen MR) is 81.2 cm³/mol. The second kappa shape index (κ2) is 5.07. The average molecular weight is 356 g/mol. The van der Waals surface area contributed by atoms with E-state index < -0.39 is 0 Å². The Kier molecular flexibility index (Phi) is 3.40. The Hall–Kier alpha value is -1.59. The summed E-state index contributed by atoms with van der Waals surface area (Å²) in [6.45, 7) is 0.135. The van der Waals surface area contributed by atoms with Gasteiger partial charge in [-0.15, -0.1) is 0 Å². The molecular weight excluding hydrogens is 347 g/mol. The fraction of sp³-hybridized carbons (Fsp3) is 0.0714. The Morgan fingerprint density at radius 3 is 2.65 bits per heavy atom. The van der Waals surface area contributed by atoms with Gasteiger partial charge in [-0.3, -0.25) is 4.79 Å². The number of amides is 1. The molecule has 0 aromatic heterocycles. The van der Waals surface area contributed by atoms with Crippen molar-refractivity contribution in [2.45, 2.75) is 0 Å². The molecule has 6 heteroatoms. The molecule has 0 fully saturated rings. The Morgan fingerprint density at radius 2 is 1.95 bits per heavy atom. The van der Waals surface area contributed by atoms with Crippen molar-refractivity contribution in [2.75, 3.05) is 16.8 Å². The molecule has 0 spiro atoms. The first-order valence-electron chi connectivity index (χ1n) is 5.86. The quantitative estimate of drug-likeness (QED) is 0.825. The standard InChI is InChI=1S/C14H9BrClFN2O/c15-10-5-12-13(6-11(10)17)19(7-14(20)18-12)9-3-1-8(16)2-4-9/h1-6H,7H2,(H,18,20). The fourth-order valence-electron chi connectivity index (χ4n) is 2.13. The van der Waals surface area contributed by atoms with Gasteiger partial charge in [0.2, 0.25) is 5.91 Å². The topological polar surface area (TPSA) is 32.3 Å². The second-order valence-electron chi connectivity index (χ2n) is 4.39. The molecule has 0 atom stereocenters. The van der Waals surface area contributed by atoms with Crippen LogP contribution in [0.3, 0.4) is 0 Å². The number of hydrogen-bond donors (Lipinski definition) is 1. The second-order valence-corrected chi connectivity index (χ2v) is 5.68. The van der Waals surface area contributed by atoms with Crippen molar-refractivity contribution in [3.8, 4) is 0 Å². The molecule has 3 rings (SSSR count). The molecule has 0 bridgehead atoms. The number of nitrogens with zero attached hydrogens (tertiary/aromatic N) is 1. The average Bonchev–Trinajstić information content (AvgIpc) is 2.41. The highest BCUT2D eigenvalue weighted by atomic mass is 79.9. The highest BCUT2D eigenvalue weighted by molar-refractivity contribution is 9.10. The molecule has 3 nitrogen and oxygen atoms in total. The minimum atomic E-state index is -0.376. The molecule has 1 heterocycles. The van der Waals surface area contributed by atoms with E-state index in [4.69, 9.17) is 11.6 Å². The number of anilines is 3. The first kappa shape index (κ1) is 13.4. The fourth-order valence-corrected chi connectivity index (χ4v) is 2.60. The van der Waals surface area contributed by atoms with E-state index in [1.54, 1.807) is 35.2 Å². The van der Waals surface area contributed by atoms with Crippen LogP contribution in [-0.2, 0) is 4.79 Å². The maximum atomic E-state index is 13.7. The molecule has 1 N–H and O–H groups in total. The molecule has 2 aromatic carbocycles. The van der Waals surface area contributed by atoms with Gasteiger partial charge in [0, 0.05) is 16.8 Å². The zero-order valence-electron chi connectivity index (χ0n) is 10.2. The maximum Gasteiger partial charge on any atom is 0.244 e. The molecule has 102 valence electrons. The van der Waals surface area contributed by atoms with E-state index in [0.29, 0.717) is 20.9 Å². The van der Waals surface area contributed by atoms with Gasteiger partial charge in [0.1, 0.15) is 12.4 Å². The van der Waals surface area contributed by atoms with Crippen LogP contribution < -0.4 is 10.2 Å². The normalized spacial score (nSPS) is 13.9. The number of carbonyl (C=O) groups is 1. The number of rotatable bonds is 1. The van der Waals surface area contributed by atoms with Crippen molar-refractivity contribution in [3.05, 3.63) is 51.7 Å². The summed E-state index contributed by atoms with van der Waals surface area (Å²) in [5.74, 6) is -0.523. The van der Waals surface area contributed by atoms with Crippen molar-refractivity contribution in [2.24, 2.45) is 0 Å². The number of carbonyl (C=O) groups excluding carboxylic acids is 1. The summed E-state index contributed by atoms with van der Waals surface area (Å²) in [6, 6.07) is 10.0. The summed E-state index contributed by atoms with van der Waals surface area (Å²) in [6.07, 6.45) is 0. The predicted octanol–water partition coefficient (Wildman–Crippen LogP) is 4.33. The smallest absolute Gasteiger partial charge is 0.244 e. The number of benzene rings is 2. The molecule has 1 aliphatic heterocycles. The molecule has 20 heavy (non-hydrogen) atoms. The zero-order valence-corrected chi connectivity index (χ0v) is 12.5. The van der Waals surface area contributed by atoms with E-state index in [1.165, 1.54) is 6.07 Å². The van der Waals surface area contributed by atoms with Crippen LogP contribution in [0.2, 0.25) is 5.02 Å². The Labute approximate surface area is 128 Å². The largest absolute Gasteiger partial charge is 0.330 e. The Morgan fingerprint density at radius 1 is 1.25 bits per heavy atom. The van der Waals surface area contributed by atoms with Gasteiger partial charge in [-0.25, -0.2) is 4.39 Å². The van der Waals surface area contributed by atoms with E-state index in [9.17, 15) is 9.18 Å². The summed E-state index contributed by atoms with van der Waals surface area (Å²) in [5.41, 5.74) is 1.98. The number of hydrogen-bond acceptors (Lipinski definition) is 2. The summed E-state index contributed by atoms with van der Waals surface area (Å²) in [4.78, 5) is 13.5. The molecule has 1 aliphatic rings. The van der Waals surface area contributed by atoms with Gasteiger partial charge >= 0.3 is 0 Å². The van der Waals surface area contributed by atoms with Crippen LogP contribution in [0.5, 0.6) is 0 Å². The van der Waals surface area contributed by atoms with Crippen molar-refractivity contribution >= 4 is 50.5 Å². The molecule has 0 aliphatic carbocycles. The van der Waals surface area contributed by atoms with Crippen LogP contribution in [0, 0.1) is 5.82 Å². The van der Waals surface area contributed by atoms with E-state index in [0.717, 1.165) is 5.69 Å². The van der Waals surface area contributed by atoms with Crippen LogP contribution >= 0.6 is 27.5 Å². The SMILES string of the molecule is O=C1CN(c2ccc(Cl)cc2)c2cc(F)c(Br)cc2N1. The lowest BCUT2D eigenvalue weighted by Gasteiger charge is -2.31. The van der Waals surface area contributed by atoms with Gasteiger partial charge < -0.3 is 10.2 Å². The summed E-state index contributed by atoms with van der Waals surface area (Å²) in [7, 11) is 0. The molecule has 0 unspecified atom stereocenters. The lowest BCUT2D eigenvalue weighted by Crippen LogP contribution is -2.35. The van der Waals surface area contributed by atoms with Gasteiger partial charge in [0.05, 0.1) is 15.8 Å². The van der Waals surface area contributed by atoms with Gasteiger partial charge in [-0.05, 0) is 46.3 Å². The van der Waals surface area contributed by atoms with Crippen LogP contribution in [0.15, 0.2) is 40.9 Å². The van der Waals surface area contributed by atoms with E-state index in [-0.39, 0.29) is 18.3 Å². The third kappa shape index (κ3) is 2.39. The third-order valence-electron chi connectivity index (χ3n) is 3.04. The summed E-state index contributed by atoms with van der Waals surface area (Å²) >= 11 is 8.98. The number of fused-ring (bicyclic) bond motifs is 1. The monoisotopic (exact) mass is 354 g/mol. The van der Waals surface area contributed by atoms with Crippen molar-refractivity contribution in [1.29, 1.82) is 0 Å². The Bertz CT molecular complexity index is 690. The van der Waals surface area contributed by atoms with Crippen LogP contribution in [-0.4, -0.2) is 12.5 Å². The van der Waals surface area contributed by atoms with Crippen molar-refractivity contribution in [1.82, 2.24) is 0 Å². The molecular formula is C14H9BrClFN2O. The number of halogens is 3. The minimum Gasteiger partial charge on any atom is -0.330 e. The van der Waals surface area contributed by atoms with Gasteiger partial charge in [0.25, 0.3) is 0 Å². The zero-order chi connectivity index (χ0) is 14.3. The van der Waals surface area contributed by atoms with E-state index in [2.05, 4.69) is 21.2 Å². The van der Waals surface area contributed by atoms with Crippen LogP contribution in [0.4, 0.5) is 21.5 Å². The number of nitrogens with one attached hydrogen (secondary N) is 1. The van der Waals surface area contributed by atoms with Crippen LogP contribution in [0.25, 0.3) is 0 Å². The first-order chi connectivity index (χ1) is 9.54. The third-order valence-corrected chi connectivity index (χ3v) is 3.90. The lowest BCUT2D eigenvalue weighted by molar-refractivity contribution is -0.115. The lowest BCUT2D eigenvalue weighted by atomic mass is 10.1. The summed E-state index contributed by atoms with van der Waals surface area (Å²) in [5, 5.41) is 3.34. The first-order valence-corrected chi connectivity index (χ1v) is 7.04. The molecule has 1 amide bonds. The summed E-state index contributed by atoms with van der Waals surface area (Å²) < 4.78 is 14.1. The highest BCUT2D eigenvalue weighted by Gasteiger charge is 2.24. The maximum absolute atomic E-state index is 13.7. The van der Waals surface area contributed by atoms with Gasteiger partial charge in [-0.2, -0.15) is 0 Å². The van der Waals surface area contributed by atoms with Crippen molar-refractivity contribution < 1.29 is 9.18 Å². The molecule has 0 saturated heterocycles. The van der Waals surface area contributed by atoms with Gasteiger partial charge in [0.15, 0.2) is 0 Å². The van der Waals surface area contributed by atoms with E-state index >= 15 is 0 Å². The van der Waals surface area contributed by atoms with Crippen molar-refractivity contribution in [3.63, 3.8) is 0 Å². The molecule has 0 radical (unpaired) electrons.